The van der Waals surface area contributed by atoms with Crippen LogP contribution < -0.4 is 0 Å². The van der Waals surface area contributed by atoms with Crippen molar-refractivity contribution in [1.82, 2.24) is 0 Å². The normalized spacial score (nSPS) is 40.0. The van der Waals surface area contributed by atoms with E-state index in [1.165, 1.54) is 7.11 Å². The van der Waals surface area contributed by atoms with Gasteiger partial charge in [-0.3, -0.25) is 9.59 Å². The minimum Gasteiger partial charge on any atom is -0.469 e. The number of hydrogen-bond acceptors (Lipinski definition) is 4. The maximum Gasteiger partial charge on any atom is 0.305 e. The molecule has 4 nitrogen and oxygen atoms in total. The molecular formula is C33H55F2O4Si. The first kappa shape index (κ1) is 32.1. The van der Waals surface area contributed by atoms with Crippen LogP contribution in [0.1, 0.15) is 120 Å². The van der Waals surface area contributed by atoms with Crippen molar-refractivity contribution in [2.45, 2.75) is 142 Å². The van der Waals surface area contributed by atoms with Gasteiger partial charge in [0, 0.05) is 24.7 Å². The minimum atomic E-state index is -2.84. The number of carbonyl (C=O) groups excluding carboxylic acids is 2. The van der Waals surface area contributed by atoms with Gasteiger partial charge in [0.1, 0.15) is 6.10 Å². The molecule has 0 spiro atoms. The standard InChI is InChI=1S/C33H55F2O4Si/c1-20(2)40(30(4,5)6)39-26-16-18-32(8)24-15-17-31(7)22(21(3)11-10-12-27(36)38-9)13-14-23(31)28(24)33(34,35)19-25(32)29(26)37/h20-26,28H,10-19H2,1-9H3/t21-,22-,23+,24+,25+,26+,28+,31-,32-/m1/s1. The van der Waals surface area contributed by atoms with Crippen LogP contribution in [0.3, 0.4) is 0 Å². The Labute approximate surface area is 243 Å². The molecule has 0 bridgehead atoms. The molecule has 229 valence electrons. The molecule has 0 saturated heterocycles. The number of rotatable bonds is 8. The third kappa shape index (κ3) is 5.60. The molecule has 1 radical (unpaired) electrons. The molecule has 0 aromatic carbocycles. The summed E-state index contributed by atoms with van der Waals surface area (Å²) in [4.78, 5) is 25.6. The molecule has 0 N–H and O–H groups in total. The van der Waals surface area contributed by atoms with Crippen LogP contribution in [0, 0.1) is 46.3 Å². The van der Waals surface area contributed by atoms with Crippen molar-refractivity contribution >= 4 is 20.8 Å². The van der Waals surface area contributed by atoms with Gasteiger partial charge in [-0.15, -0.1) is 0 Å². The molecule has 40 heavy (non-hydrogen) atoms. The maximum absolute atomic E-state index is 16.4. The smallest absolute Gasteiger partial charge is 0.305 e. The Kier molecular flexibility index (Phi) is 9.11. The molecule has 0 unspecified atom stereocenters. The Morgan fingerprint density at radius 2 is 1.65 bits per heavy atom. The molecule has 4 saturated carbocycles. The highest BCUT2D eigenvalue weighted by Crippen LogP contribution is 2.71. The summed E-state index contributed by atoms with van der Waals surface area (Å²) >= 11 is 0. The van der Waals surface area contributed by atoms with Gasteiger partial charge >= 0.3 is 5.97 Å². The summed E-state index contributed by atoms with van der Waals surface area (Å²) in [6.07, 6.45) is 6.35. The average molecular weight is 582 g/mol. The molecule has 4 rings (SSSR count). The van der Waals surface area contributed by atoms with E-state index in [4.69, 9.17) is 9.16 Å². The van der Waals surface area contributed by atoms with E-state index in [1.807, 2.05) is 0 Å². The Morgan fingerprint density at radius 1 is 1.02 bits per heavy atom. The molecule has 0 amide bonds. The van der Waals surface area contributed by atoms with E-state index in [1.54, 1.807) is 0 Å². The Balaban J connectivity index is 1.53. The molecule has 0 aliphatic heterocycles. The lowest BCUT2D eigenvalue weighted by molar-refractivity contribution is -0.232. The highest BCUT2D eigenvalue weighted by atomic mass is 28.3. The molecule has 0 heterocycles. The minimum absolute atomic E-state index is 0.00667. The van der Waals surface area contributed by atoms with Crippen molar-refractivity contribution in [3.63, 3.8) is 0 Å². The third-order valence-corrected chi connectivity index (χ3v) is 15.1. The first-order valence-corrected chi connectivity index (χ1v) is 17.5. The van der Waals surface area contributed by atoms with Gasteiger partial charge in [-0.25, -0.2) is 8.78 Å². The van der Waals surface area contributed by atoms with Crippen molar-refractivity contribution < 1.29 is 27.5 Å². The molecular weight excluding hydrogens is 526 g/mol. The number of hydrogen-bond donors (Lipinski definition) is 0. The number of halogens is 2. The lowest BCUT2D eigenvalue weighted by Crippen LogP contribution is -2.63. The second-order valence-electron chi connectivity index (χ2n) is 15.8. The quantitative estimate of drug-likeness (QED) is 0.213. The Bertz CT molecular complexity index is 947. The monoisotopic (exact) mass is 581 g/mol. The summed E-state index contributed by atoms with van der Waals surface area (Å²) in [7, 11) is 0.124. The molecule has 9 atom stereocenters. The van der Waals surface area contributed by atoms with Gasteiger partial charge in [-0.05, 0) is 96.4 Å². The van der Waals surface area contributed by atoms with E-state index < -0.39 is 32.9 Å². The second-order valence-corrected chi connectivity index (χ2v) is 19.4. The fourth-order valence-corrected chi connectivity index (χ4v) is 13.2. The van der Waals surface area contributed by atoms with E-state index in [9.17, 15) is 9.59 Å². The van der Waals surface area contributed by atoms with E-state index in [2.05, 4.69) is 55.4 Å². The number of methoxy groups -OCH3 is 1. The summed E-state index contributed by atoms with van der Waals surface area (Å²) < 4.78 is 44.2. The Hall–Kier alpha value is -0.823. The van der Waals surface area contributed by atoms with Crippen molar-refractivity contribution in [2.75, 3.05) is 7.11 Å². The van der Waals surface area contributed by atoms with Crippen molar-refractivity contribution in [3.8, 4) is 0 Å². The number of fused-ring (bicyclic) bond motifs is 5. The average Bonchev–Trinajstić information content (AvgIpc) is 3.20. The number of ketones is 1. The molecule has 0 aromatic heterocycles. The SMILES string of the molecule is COC(=O)CCC[C@@H](C)[C@H]1CC[C@H]2[C@H]3[C@H](CC[C@]12C)[C@@]1(C)CC[C@H](O[Si](C(C)C)C(C)(C)C)C(=O)[C@@H]1CC3(F)F. The van der Waals surface area contributed by atoms with Crippen LogP contribution in [0.5, 0.6) is 0 Å². The van der Waals surface area contributed by atoms with E-state index in [0.29, 0.717) is 30.2 Å². The van der Waals surface area contributed by atoms with E-state index >= 15 is 8.78 Å². The molecule has 7 heteroatoms. The fourth-order valence-electron chi connectivity index (χ4n) is 10.3. The predicted octanol–water partition coefficient (Wildman–Crippen LogP) is 8.64. The highest BCUT2D eigenvalue weighted by Gasteiger charge is 2.69. The number of carbonyl (C=O) groups is 2. The third-order valence-electron chi connectivity index (χ3n) is 12.0. The van der Waals surface area contributed by atoms with Gasteiger partial charge in [-0.2, -0.15) is 0 Å². The first-order valence-electron chi connectivity index (χ1n) is 16.0. The zero-order valence-electron chi connectivity index (χ0n) is 26.6. The van der Waals surface area contributed by atoms with Crippen LogP contribution >= 0.6 is 0 Å². The summed E-state index contributed by atoms with van der Waals surface area (Å²) in [5, 5.41) is -0.0231. The number of alkyl halides is 2. The zero-order valence-corrected chi connectivity index (χ0v) is 27.6. The lowest BCUT2D eigenvalue weighted by atomic mass is 9.43. The maximum atomic E-state index is 16.4. The van der Waals surface area contributed by atoms with Gasteiger partial charge in [0.05, 0.1) is 7.11 Å². The highest BCUT2D eigenvalue weighted by molar-refractivity contribution is 6.57. The van der Waals surface area contributed by atoms with Crippen molar-refractivity contribution in [2.24, 2.45) is 46.3 Å². The van der Waals surface area contributed by atoms with Gasteiger partial charge < -0.3 is 9.16 Å². The van der Waals surface area contributed by atoms with Crippen LogP contribution in [-0.4, -0.2) is 39.9 Å². The van der Waals surface area contributed by atoms with E-state index in [-0.39, 0.29) is 45.9 Å². The van der Waals surface area contributed by atoms with Gasteiger partial charge in [0.2, 0.25) is 9.04 Å². The summed E-state index contributed by atoms with van der Waals surface area (Å²) in [6.45, 7) is 17.5. The molecule has 0 aromatic rings. The van der Waals surface area contributed by atoms with Crippen molar-refractivity contribution in [3.05, 3.63) is 0 Å². The molecule has 4 aliphatic rings. The number of Topliss-reactive ketones (excluding diaryl/α,β-unsaturated/α-hetero) is 1. The first-order chi connectivity index (χ1) is 18.5. The largest absolute Gasteiger partial charge is 0.469 e. The second kappa shape index (κ2) is 11.4. The lowest BCUT2D eigenvalue weighted by Gasteiger charge is -2.62. The number of ether oxygens (including phenoxy) is 1. The van der Waals surface area contributed by atoms with E-state index in [0.717, 1.165) is 44.9 Å². The molecule has 4 fully saturated rings. The Morgan fingerprint density at radius 3 is 2.25 bits per heavy atom. The zero-order chi connectivity index (χ0) is 29.8. The van der Waals surface area contributed by atoms with Crippen LogP contribution in [-0.2, 0) is 18.8 Å². The fraction of sp³-hybridized carbons (Fsp3) is 0.939. The number of esters is 1. The summed E-state index contributed by atoms with van der Waals surface area (Å²) in [5.41, 5.74) is -0.136. The van der Waals surface area contributed by atoms with Crippen LogP contribution in [0.4, 0.5) is 8.78 Å². The van der Waals surface area contributed by atoms with Crippen LogP contribution in [0.15, 0.2) is 0 Å². The van der Waals surface area contributed by atoms with Gasteiger partial charge in [0.25, 0.3) is 5.92 Å². The topological polar surface area (TPSA) is 52.6 Å². The van der Waals surface area contributed by atoms with Gasteiger partial charge in [0.15, 0.2) is 5.78 Å². The predicted molar refractivity (Wildman–Crippen MR) is 156 cm³/mol. The van der Waals surface area contributed by atoms with Crippen molar-refractivity contribution in [1.29, 1.82) is 0 Å². The van der Waals surface area contributed by atoms with Gasteiger partial charge in [-0.1, -0.05) is 55.4 Å². The van der Waals surface area contributed by atoms with Crippen LogP contribution in [0.2, 0.25) is 10.6 Å². The summed E-state index contributed by atoms with van der Waals surface area (Å²) in [6, 6.07) is 0. The molecule has 4 aliphatic carbocycles. The summed E-state index contributed by atoms with van der Waals surface area (Å²) in [5.74, 6) is -3.65. The van der Waals surface area contributed by atoms with Crippen LogP contribution in [0.25, 0.3) is 0 Å².